The molecule has 7 nitrogen and oxygen atoms in total. The zero-order chi connectivity index (χ0) is 18.3. The number of hydrogen-bond acceptors (Lipinski definition) is 4. The Morgan fingerprint density at radius 3 is 2.50 bits per heavy atom. The largest absolute Gasteiger partial charge is 0.343 e. The van der Waals surface area contributed by atoms with Gasteiger partial charge in [-0.2, -0.15) is 0 Å². The van der Waals surface area contributed by atoms with Crippen molar-refractivity contribution in [1.82, 2.24) is 20.0 Å². The average molecular weight is 356 g/mol. The molecule has 3 heterocycles. The summed E-state index contributed by atoms with van der Waals surface area (Å²) >= 11 is 0. The van der Waals surface area contributed by atoms with Crippen molar-refractivity contribution in [3.63, 3.8) is 0 Å². The number of aryl methyl sites for hydroxylation is 1. The number of piperidine rings is 1. The van der Waals surface area contributed by atoms with Gasteiger partial charge in [0.25, 0.3) is 11.1 Å². The highest BCUT2D eigenvalue weighted by atomic mass is 16.2. The Balaban J connectivity index is 1.46. The Labute approximate surface area is 151 Å². The van der Waals surface area contributed by atoms with E-state index in [1.54, 1.807) is 24.3 Å². The molecular formula is C19H24N4O3. The van der Waals surface area contributed by atoms with Crippen LogP contribution >= 0.6 is 0 Å². The van der Waals surface area contributed by atoms with E-state index in [9.17, 15) is 14.4 Å². The molecule has 138 valence electrons. The fraction of sp³-hybridized carbons (Fsp3) is 0.526. The minimum Gasteiger partial charge on any atom is -0.343 e. The fourth-order valence-electron chi connectivity index (χ4n) is 4.33. The number of nitrogens with zero attached hydrogens (tertiary/aromatic N) is 2. The van der Waals surface area contributed by atoms with Crippen LogP contribution in [0.1, 0.15) is 32.1 Å². The molecule has 2 N–H and O–H groups in total. The van der Waals surface area contributed by atoms with Crippen molar-refractivity contribution in [2.75, 3.05) is 7.05 Å². The molecule has 1 amide bonds. The maximum Gasteiger partial charge on any atom is 0.273 e. The molecule has 26 heavy (non-hydrogen) atoms. The lowest BCUT2D eigenvalue weighted by atomic mass is 9.98. The van der Waals surface area contributed by atoms with Crippen LogP contribution in [0.3, 0.4) is 0 Å². The number of hydrogen-bond donors (Lipinski definition) is 2. The number of nitrogens with one attached hydrogen (secondary N) is 2. The number of carbonyl (C=O) groups excluding carboxylic acids is 1. The SMILES string of the molecule is CN(C(=O)CCn1[nH]c(=O)c2ccccc2c1=O)C1CC2CCC(C1)N2. The van der Waals surface area contributed by atoms with Gasteiger partial charge in [0, 0.05) is 31.6 Å². The van der Waals surface area contributed by atoms with Gasteiger partial charge in [-0.1, -0.05) is 12.1 Å². The molecule has 2 atom stereocenters. The third-order valence-corrected chi connectivity index (χ3v) is 5.82. The van der Waals surface area contributed by atoms with E-state index < -0.39 is 0 Å². The van der Waals surface area contributed by atoms with Crippen LogP contribution in [-0.2, 0) is 11.3 Å². The van der Waals surface area contributed by atoms with Crippen molar-refractivity contribution in [3.05, 3.63) is 45.0 Å². The van der Waals surface area contributed by atoms with Crippen molar-refractivity contribution in [2.24, 2.45) is 0 Å². The molecule has 4 rings (SSSR count). The van der Waals surface area contributed by atoms with Crippen molar-refractivity contribution in [1.29, 1.82) is 0 Å². The van der Waals surface area contributed by atoms with Crippen LogP contribution in [0.4, 0.5) is 0 Å². The summed E-state index contributed by atoms with van der Waals surface area (Å²) in [5, 5.41) is 6.92. The van der Waals surface area contributed by atoms with Crippen LogP contribution in [-0.4, -0.2) is 45.8 Å². The molecule has 0 saturated carbocycles. The van der Waals surface area contributed by atoms with Gasteiger partial charge in [-0.15, -0.1) is 0 Å². The van der Waals surface area contributed by atoms with E-state index in [0.29, 0.717) is 22.9 Å². The molecule has 0 radical (unpaired) electrons. The molecule has 0 spiro atoms. The number of benzene rings is 1. The van der Waals surface area contributed by atoms with Crippen molar-refractivity contribution in [3.8, 4) is 0 Å². The third kappa shape index (κ3) is 3.07. The van der Waals surface area contributed by atoms with Gasteiger partial charge < -0.3 is 10.2 Å². The van der Waals surface area contributed by atoms with Gasteiger partial charge in [0.2, 0.25) is 5.91 Å². The van der Waals surface area contributed by atoms with Crippen LogP contribution in [0.5, 0.6) is 0 Å². The van der Waals surface area contributed by atoms with Crippen LogP contribution in [0, 0.1) is 0 Å². The van der Waals surface area contributed by atoms with E-state index in [2.05, 4.69) is 10.4 Å². The molecule has 1 aromatic carbocycles. The highest BCUT2D eigenvalue weighted by Gasteiger charge is 2.36. The second-order valence-corrected chi connectivity index (χ2v) is 7.46. The highest BCUT2D eigenvalue weighted by molar-refractivity contribution is 5.80. The predicted molar refractivity (Wildman–Crippen MR) is 99.2 cm³/mol. The molecule has 2 saturated heterocycles. The van der Waals surface area contributed by atoms with Crippen molar-refractivity contribution >= 4 is 16.7 Å². The number of aromatic amines is 1. The summed E-state index contributed by atoms with van der Waals surface area (Å²) in [5.74, 6) is 0.0113. The molecule has 1 aromatic heterocycles. The van der Waals surface area contributed by atoms with Gasteiger partial charge in [0.1, 0.15) is 0 Å². The maximum absolute atomic E-state index is 12.6. The summed E-state index contributed by atoms with van der Waals surface area (Å²) in [6, 6.07) is 8.03. The minimum atomic E-state index is -0.309. The van der Waals surface area contributed by atoms with E-state index in [4.69, 9.17) is 0 Å². The lowest BCUT2D eigenvalue weighted by Gasteiger charge is -2.35. The van der Waals surface area contributed by atoms with Gasteiger partial charge in [-0.25, -0.2) is 4.68 Å². The molecule has 2 aromatic rings. The first-order valence-electron chi connectivity index (χ1n) is 9.26. The van der Waals surface area contributed by atoms with Gasteiger partial charge in [-0.05, 0) is 37.8 Å². The van der Waals surface area contributed by atoms with E-state index in [1.165, 1.54) is 17.5 Å². The monoisotopic (exact) mass is 356 g/mol. The highest BCUT2D eigenvalue weighted by Crippen LogP contribution is 2.29. The normalized spacial score (nSPS) is 24.7. The topological polar surface area (TPSA) is 87.2 Å². The number of rotatable bonds is 4. The smallest absolute Gasteiger partial charge is 0.273 e. The fourth-order valence-corrected chi connectivity index (χ4v) is 4.33. The predicted octanol–water partition coefficient (Wildman–Crippen LogP) is 0.821. The molecular weight excluding hydrogens is 332 g/mol. The van der Waals surface area contributed by atoms with Gasteiger partial charge >= 0.3 is 0 Å². The second-order valence-electron chi connectivity index (χ2n) is 7.46. The van der Waals surface area contributed by atoms with Crippen LogP contribution in [0.25, 0.3) is 10.8 Å². The molecule has 2 aliphatic heterocycles. The first kappa shape index (κ1) is 17.0. The zero-order valence-corrected chi connectivity index (χ0v) is 14.9. The summed E-state index contributed by atoms with van der Waals surface area (Å²) in [6.45, 7) is 0.180. The number of amides is 1. The van der Waals surface area contributed by atoms with E-state index in [-0.39, 0.29) is 36.0 Å². The van der Waals surface area contributed by atoms with Gasteiger partial charge in [-0.3, -0.25) is 19.5 Å². The average Bonchev–Trinajstić information content (AvgIpc) is 3.00. The Hall–Kier alpha value is -2.41. The van der Waals surface area contributed by atoms with Crippen molar-refractivity contribution < 1.29 is 4.79 Å². The molecule has 0 aliphatic carbocycles. The number of aromatic nitrogens is 2. The Kier molecular flexibility index (Phi) is 4.40. The molecule has 2 aliphatic rings. The number of carbonyl (C=O) groups is 1. The van der Waals surface area contributed by atoms with Crippen LogP contribution < -0.4 is 16.4 Å². The third-order valence-electron chi connectivity index (χ3n) is 5.82. The Bertz CT molecular complexity index is 936. The van der Waals surface area contributed by atoms with E-state index >= 15 is 0 Å². The summed E-state index contributed by atoms with van der Waals surface area (Å²) in [7, 11) is 1.85. The first-order valence-corrected chi connectivity index (χ1v) is 9.26. The van der Waals surface area contributed by atoms with E-state index in [0.717, 1.165) is 12.8 Å². The second kappa shape index (κ2) is 6.72. The van der Waals surface area contributed by atoms with E-state index in [1.807, 2.05) is 11.9 Å². The lowest BCUT2D eigenvalue weighted by molar-refractivity contribution is -0.133. The summed E-state index contributed by atoms with van der Waals surface area (Å²) in [5.41, 5.74) is -0.577. The van der Waals surface area contributed by atoms with Gasteiger partial charge in [0.05, 0.1) is 17.3 Å². The van der Waals surface area contributed by atoms with Gasteiger partial charge in [0.15, 0.2) is 0 Å². The minimum absolute atomic E-state index is 0.0113. The summed E-state index contributed by atoms with van der Waals surface area (Å²) < 4.78 is 1.25. The molecule has 2 bridgehead atoms. The first-order chi connectivity index (χ1) is 12.5. The maximum atomic E-state index is 12.6. The summed E-state index contributed by atoms with van der Waals surface area (Å²) in [6.07, 6.45) is 4.56. The molecule has 2 fully saturated rings. The number of fused-ring (bicyclic) bond motifs is 3. The molecule has 7 heteroatoms. The Morgan fingerprint density at radius 2 is 1.81 bits per heavy atom. The number of H-pyrrole nitrogens is 1. The standard InChI is InChI=1S/C19H24N4O3/c1-22(14-10-12-6-7-13(11-14)20-12)17(24)8-9-23-19(26)16-5-3-2-4-15(16)18(25)21-23/h2-5,12-14,20H,6-11H2,1H3,(H,21,25). The molecule has 2 unspecified atom stereocenters. The van der Waals surface area contributed by atoms with Crippen LogP contribution in [0.15, 0.2) is 33.9 Å². The zero-order valence-electron chi connectivity index (χ0n) is 14.9. The Morgan fingerprint density at radius 1 is 1.15 bits per heavy atom. The van der Waals surface area contributed by atoms with Crippen molar-refractivity contribution in [2.45, 2.75) is 56.8 Å². The van der Waals surface area contributed by atoms with Crippen LogP contribution in [0.2, 0.25) is 0 Å². The summed E-state index contributed by atoms with van der Waals surface area (Å²) in [4.78, 5) is 39.1. The lowest BCUT2D eigenvalue weighted by Crippen LogP contribution is -2.49. The quantitative estimate of drug-likeness (QED) is 0.849.